The SMILES string of the molecule is Cc1ccc(Nc2cc(Nc3ccc(NC(=O)C45CC6CC(CC(C6)C4)C5)cc3)nc(C)n2)cc1. The summed E-state index contributed by atoms with van der Waals surface area (Å²) in [7, 11) is 0. The maximum absolute atomic E-state index is 13.3. The molecule has 0 aliphatic heterocycles. The van der Waals surface area contributed by atoms with Crippen LogP contribution >= 0.6 is 0 Å². The average Bonchev–Trinajstić information content (AvgIpc) is 2.81. The zero-order chi connectivity index (χ0) is 24.0. The molecule has 1 heterocycles. The van der Waals surface area contributed by atoms with Gasteiger partial charge in [-0.25, -0.2) is 9.97 Å². The lowest BCUT2D eigenvalue weighted by Crippen LogP contribution is -2.51. The van der Waals surface area contributed by atoms with Gasteiger partial charge in [0, 0.05) is 23.1 Å². The van der Waals surface area contributed by atoms with Crippen molar-refractivity contribution in [1.29, 1.82) is 0 Å². The average molecular weight is 468 g/mol. The standard InChI is InChI=1S/C29H33N5O/c1-18-3-5-23(6-4-18)32-26-14-27(31-19(2)30-26)33-24-7-9-25(10-8-24)34-28(35)29-15-20-11-21(16-29)13-22(12-20)17-29/h3-10,14,20-22H,11-13,15-17H2,1-2H3,(H,34,35)(H2,30,31,32,33). The number of aryl methyl sites for hydroxylation is 2. The van der Waals surface area contributed by atoms with Crippen LogP contribution in [0, 0.1) is 37.0 Å². The minimum atomic E-state index is -0.134. The summed E-state index contributed by atoms with van der Waals surface area (Å²) >= 11 is 0. The first-order valence-corrected chi connectivity index (χ1v) is 12.8. The highest BCUT2D eigenvalue weighted by atomic mass is 16.2. The van der Waals surface area contributed by atoms with Gasteiger partial charge in [0.2, 0.25) is 5.91 Å². The Hall–Kier alpha value is -3.41. The Labute approximate surface area is 207 Å². The van der Waals surface area contributed by atoms with E-state index in [0.29, 0.717) is 5.82 Å². The molecule has 4 aliphatic rings. The zero-order valence-electron chi connectivity index (χ0n) is 20.5. The van der Waals surface area contributed by atoms with Crippen molar-refractivity contribution in [3.05, 3.63) is 66.0 Å². The fourth-order valence-corrected chi connectivity index (χ4v) is 6.92. The lowest BCUT2D eigenvalue weighted by atomic mass is 9.49. The van der Waals surface area contributed by atoms with Crippen LogP contribution in [-0.2, 0) is 4.79 Å². The number of amides is 1. The third-order valence-electron chi connectivity index (χ3n) is 8.10. The normalized spacial score (nSPS) is 26.4. The molecule has 0 radical (unpaired) electrons. The molecule has 0 atom stereocenters. The molecule has 4 bridgehead atoms. The Morgan fingerprint density at radius 1 is 0.743 bits per heavy atom. The van der Waals surface area contributed by atoms with E-state index in [1.807, 2.05) is 49.4 Å². The third-order valence-corrected chi connectivity index (χ3v) is 8.10. The molecule has 1 aromatic heterocycles. The van der Waals surface area contributed by atoms with E-state index >= 15 is 0 Å². The summed E-state index contributed by atoms with van der Waals surface area (Å²) in [5, 5.41) is 9.95. The first kappa shape index (κ1) is 22.1. The summed E-state index contributed by atoms with van der Waals surface area (Å²) in [4.78, 5) is 22.4. The van der Waals surface area contributed by atoms with Gasteiger partial charge in [-0.1, -0.05) is 17.7 Å². The van der Waals surface area contributed by atoms with E-state index in [1.54, 1.807) is 0 Å². The molecule has 4 saturated carbocycles. The van der Waals surface area contributed by atoms with Crippen LogP contribution in [-0.4, -0.2) is 15.9 Å². The second-order valence-corrected chi connectivity index (χ2v) is 11.0. The van der Waals surface area contributed by atoms with Gasteiger partial charge in [0.1, 0.15) is 17.5 Å². The fraction of sp³-hybridized carbons (Fsp3) is 0.414. The van der Waals surface area contributed by atoms with Crippen LogP contribution in [0.2, 0.25) is 0 Å². The van der Waals surface area contributed by atoms with Gasteiger partial charge in [0.15, 0.2) is 0 Å². The van der Waals surface area contributed by atoms with E-state index < -0.39 is 0 Å². The van der Waals surface area contributed by atoms with Crippen molar-refractivity contribution >= 4 is 34.6 Å². The van der Waals surface area contributed by atoms with E-state index in [4.69, 9.17) is 0 Å². The first-order chi connectivity index (χ1) is 16.9. The van der Waals surface area contributed by atoms with Crippen molar-refractivity contribution < 1.29 is 4.79 Å². The molecular formula is C29H33N5O. The largest absolute Gasteiger partial charge is 0.340 e. The first-order valence-electron chi connectivity index (χ1n) is 12.8. The molecule has 6 heteroatoms. The molecule has 0 saturated heterocycles. The lowest BCUT2D eigenvalue weighted by Gasteiger charge is -2.55. The summed E-state index contributed by atoms with van der Waals surface area (Å²) in [6.07, 6.45) is 7.27. The van der Waals surface area contributed by atoms with Crippen molar-refractivity contribution in [3.63, 3.8) is 0 Å². The van der Waals surface area contributed by atoms with Crippen molar-refractivity contribution in [2.24, 2.45) is 23.2 Å². The van der Waals surface area contributed by atoms with Crippen LogP contribution in [0.1, 0.15) is 49.9 Å². The molecule has 0 spiro atoms. The quantitative estimate of drug-likeness (QED) is 0.374. The number of carbonyl (C=O) groups is 1. The molecular weight excluding hydrogens is 434 g/mol. The second kappa shape index (κ2) is 8.67. The molecule has 4 fully saturated rings. The Kier molecular flexibility index (Phi) is 5.47. The van der Waals surface area contributed by atoms with Crippen LogP contribution in [0.25, 0.3) is 0 Å². The highest BCUT2D eigenvalue weighted by Gasteiger charge is 2.54. The molecule has 0 unspecified atom stereocenters. The Morgan fingerprint density at radius 2 is 1.20 bits per heavy atom. The maximum Gasteiger partial charge on any atom is 0.230 e. The number of hydrogen-bond acceptors (Lipinski definition) is 5. The smallest absolute Gasteiger partial charge is 0.230 e. The molecule has 180 valence electrons. The van der Waals surface area contributed by atoms with Crippen molar-refractivity contribution in [2.45, 2.75) is 52.4 Å². The highest BCUT2D eigenvalue weighted by molar-refractivity contribution is 5.95. The molecule has 7 rings (SSSR count). The molecule has 2 aromatic carbocycles. The molecule has 35 heavy (non-hydrogen) atoms. The number of hydrogen-bond donors (Lipinski definition) is 3. The number of anilines is 5. The molecule has 3 N–H and O–H groups in total. The van der Waals surface area contributed by atoms with Gasteiger partial charge in [0.05, 0.1) is 5.41 Å². The van der Waals surface area contributed by atoms with E-state index in [-0.39, 0.29) is 11.3 Å². The fourth-order valence-electron chi connectivity index (χ4n) is 6.92. The van der Waals surface area contributed by atoms with E-state index in [0.717, 1.165) is 65.7 Å². The number of aromatic nitrogens is 2. The number of rotatable bonds is 6. The van der Waals surface area contributed by atoms with Crippen molar-refractivity contribution in [2.75, 3.05) is 16.0 Å². The summed E-state index contributed by atoms with van der Waals surface area (Å²) in [6, 6.07) is 18.0. The Morgan fingerprint density at radius 3 is 1.71 bits per heavy atom. The third kappa shape index (κ3) is 4.62. The second-order valence-electron chi connectivity index (χ2n) is 11.0. The summed E-state index contributed by atoms with van der Waals surface area (Å²) in [5.41, 5.74) is 3.84. The van der Waals surface area contributed by atoms with Crippen LogP contribution in [0.15, 0.2) is 54.6 Å². The summed E-state index contributed by atoms with van der Waals surface area (Å²) < 4.78 is 0. The topological polar surface area (TPSA) is 78.9 Å². The monoisotopic (exact) mass is 467 g/mol. The minimum Gasteiger partial charge on any atom is -0.340 e. The van der Waals surface area contributed by atoms with Gasteiger partial charge in [-0.3, -0.25) is 4.79 Å². The van der Waals surface area contributed by atoms with Gasteiger partial charge in [0.25, 0.3) is 0 Å². The van der Waals surface area contributed by atoms with Crippen molar-refractivity contribution in [1.82, 2.24) is 9.97 Å². The summed E-state index contributed by atoms with van der Waals surface area (Å²) in [6.45, 7) is 3.95. The highest BCUT2D eigenvalue weighted by Crippen LogP contribution is 2.60. The Balaban J connectivity index is 1.11. The number of nitrogens with one attached hydrogen (secondary N) is 3. The van der Waals surface area contributed by atoms with Gasteiger partial charge in [-0.2, -0.15) is 0 Å². The van der Waals surface area contributed by atoms with Gasteiger partial charge in [-0.05, 0) is 107 Å². The van der Waals surface area contributed by atoms with Gasteiger partial charge < -0.3 is 16.0 Å². The van der Waals surface area contributed by atoms with Crippen LogP contribution < -0.4 is 16.0 Å². The molecule has 1 amide bonds. The minimum absolute atomic E-state index is 0.134. The molecule has 6 nitrogen and oxygen atoms in total. The predicted octanol–water partition coefficient (Wildman–Crippen LogP) is 6.74. The van der Waals surface area contributed by atoms with Crippen LogP contribution in [0.3, 0.4) is 0 Å². The lowest BCUT2D eigenvalue weighted by molar-refractivity contribution is -0.140. The zero-order valence-corrected chi connectivity index (χ0v) is 20.5. The van der Waals surface area contributed by atoms with Gasteiger partial charge in [-0.15, -0.1) is 0 Å². The predicted molar refractivity (Wildman–Crippen MR) is 140 cm³/mol. The number of benzene rings is 2. The Bertz CT molecular complexity index is 1200. The van der Waals surface area contributed by atoms with E-state index in [2.05, 4.69) is 45.0 Å². The van der Waals surface area contributed by atoms with E-state index in [1.165, 1.54) is 24.8 Å². The molecule has 3 aromatic rings. The van der Waals surface area contributed by atoms with Crippen LogP contribution in [0.4, 0.5) is 28.7 Å². The van der Waals surface area contributed by atoms with Crippen LogP contribution in [0.5, 0.6) is 0 Å². The number of nitrogens with zero attached hydrogens (tertiary/aromatic N) is 2. The summed E-state index contributed by atoms with van der Waals surface area (Å²) in [5.74, 6) is 4.67. The van der Waals surface area contributed by atoms with Crippen molar-refractivity contribution in [3.8, 4) is 0 Å². The maximum atomic E-state index is 13.3. The molecule has 4 aliphatic carbocycles. The number of carbonyl (C=O) groups excluding carboxylic acids is 1. The van der Waals surface area contributed by atoms with Gasteiger partial charge >= 0.3 is 0 Å². The van der Waals surface area contributed by atoms with E-state index in [9.17, 15) is 4.79 Å².